The van der Waals surface area contributed by atoms with Crippen molar-refractivity contribution in [1.82, 2.24) is 0 Å². The highest BCUT2D eigenvalue weighted by Crippen LogP contribution is 2.05. The highest BCUT2D eigenvalue weighted by Gasteiger charge is 2.34. The van der Waals surface area contributed by atoms with Crippen molar-refractivity contribution in [3.05, 3.63) is 10.1 Å². The van der Waals surface area contributed by atoms with Gasteiger partial charge >= 0.3 is 0 Å². The molecule has 0 aromatic rings. The van der Waals surface area contributed by atoms with Gasteiger partial charge in [0.25, 0.3) is 6.04 Å². The van der Waals surface area contributed by atoms with E-state index in [0.29, 0.717) is 6.61 Å². The summed E-state index contributed by atoms with van der Waals surface area (Å²) < 4.78 is 4.76. The molecule has 1 fully saturated rings. The Morgan fingerprint density at radius 3 is 2.56 bits per heavy atom. The van der Waals surface area contributed by atoms with Crippen molar-refractivity contribution >= 4 is 0 Å². The Bertz CT molecular complexity index is 127. The Morgan fingerprint density at radius 2 is 2.33 bits per heavy atom. The van der Waals surface area contributed by atoms with Crippen molar-refractivity contribution in [2.45, 2.75) is 12.1 Å². The third-order valence-electron chi connectivity index (χ3n) is 1.36. The van der Waals surface area contributed by atoms with Crippen LogP contribution in [0.25, 0.3) is 0 Å². The normalized spacial score (nSPS) is 34.8. The van der Waals surface area contributed by atoms with Gasteiger partial charge in [-0.05, 0) is 0 Å². The van der Waals surface area contributed by atoms with Crippen molar-refractivity contribution in [3.8, 4) is 0 Å². The van der Waals surface area contributed by atoms with Gasteiger partial charge in [-0.1, -0.05) is 0 Å². The van der Waals surface area contributed by atoms with Gasteiger partial charge in [-0.15, -0.1) is 0 Å². The lowest BCUT2D eigenvalue weighted by Crippen LogP contribution is -2.38. The minimum atomic E-state index is -0.690. The number of nitrogens with two attached hydrogens (primary N) is 1. The fraction of sp³-hybridized carbons (Fsp3) is 1.00. The van der Waals surface area contributed by atoms with Crippen LogP contribution >= 0.6 is 0 Å². The zero-order valence-corrected chi connectivity index (χ0v) is 4.82. The Morgan fingerprint density at radius 1 is 1.67 bits per heavy atom. The molecule has 0 aromatic heterocycles. The first-order valence-electron chi connectivity index (χ1n) is 2.68. The van der Waals surface area contributed by atoms with E-state index in [2.05, 4.69) is 0 Å². The number of nitrogens with zero attached hydrogens (tertiary/aromatic N) is 1. The van der Waals surface area contributed by atoms with Crippen LogP contribution in [0.15, 0.2) is 0 Å². The molecule has 1 rings (SSSR count). The van der Waals surface area contributed by atoms with Crippen molar-refractivity contribution in [3.63, 3.8) is 0 Å². The van der Waals surface area contributed by atoms with E-state index in [1.165, 1.54) is 0 Å². The smallest absolute Gasteiger partial charge is 0.253 e. The second kappa shape index (κ2) is 2.28. The Hall–Kier alpha value is -0.680. The van der Waals surface area contributed by atoms with Crippen LogP contribution in [0.3, 0.4) is 0 Å². The highest BCUT2D eigenvalue weighted by atomic mass is 16.6. The van der Waals surface area contributed by atoms with Crippen molar-refractivity contribution in [2.24, 2.45) is 5.73 Å². The molecule has 0 unspecified atom stereocenters. The molecule has 1 aliphatic rings. The van der Waals surface area contributed by atoms with Gasteiger partial charge in [-0.3, -0.25) is 10.1 Å². The van der Waals surface area contributed by atoms with Crippen molar-refractivity contribution in [1.29, 1.82) is 0 Å². The SMILES string of the molecule is N[C@H]1COC[C@H]1[N+](=O)[O-]. The lowest BCUT2D eigenvalue weighted by Gasteiger charge is -2.01. The maximum Gasteiger partial charge on any atom is 0.253 e. The van der Waals surface area contributed by atoms with Crippen LogP contribution in [-0.2, 0) is 4.74 Å². The lowest BCUT2D eigenvalue weighted by atomic mass is 10.2. The lowest BCUT2D eigenvalue weighted by molar-refractivity contribution is -0.521. The second-order valence-corrected chi connectivity index (χ2v) is 2.05. The summed E-state index contributed by atoms with van der Waals surface area (Å²) in [5, 5.41) is 10.1. The molecule has 9 heavy (non-hydrogen) atoms. The summed E-state index contributed by atoms with van der Waals surface area (Å²) in [7, 11) is 0. The Balaban J connectivity index is 2.49. The summed E-state index contributed by atoms with van der Waals surface area (Å²) in [4.78, 5) is 9.67. The molecule has 0 spiro atoms. The molecule has 2 atom stereocenters. The van der Waals surface area contributed by atoms with Gasteiger partial charge in [0.15, 0.2) is 0 Å². The highest BCUT2D eigenvalue weighted by molar-refractivity contribution is 4.76. The molecular weight excluding hydrogens is 124 g/mol. The molecule has 1 heterocycles. The van der Waals surface area contributed by atoms with Crippen LogP contribution in [-0.4, -0.2) is 30.2 Å². The average molecular weight is 132 g/mol. The first kappa shape index (κ1) is 6.44. The van der Waals surface area contributed by atoms with Gasteiger partial charge in [0.05, 0.1) is 12.6 Å². The average Bonchev–Trinajstić information content (AvgIpc) is 2.13. The van der Waals surface area contributed by atoms with Crippen LogP contribution < -0.4 is 5.73 Å². The van der Waals surface area contributed by atoms with E-state index in [1.807, 2.05) is 0 Å². The fourth-order valence-electron chi connectivity index (χ4n) is 0.777. The summed E-state index contributed by atoms with van der Waals surface area (Å²) in [5.41, 5.74) is 5.31. The molecule has 52 valence electrons. The molecule has 1 aliphatic heterocycles. The monoisotopic (exact) mass is 132 g/mol. The van der Waals surface area contributed by atoms with E-state index in [1.54, 1.807) is 0 Å². The molecule has 0 aliphatic carbocycles. The molecule has 5 nitrogen and oxygen atoms in total. The van der Waals surface area contributed by atoms with E-state index in [-0.39, 0.29) is 6.61 Å². The third-order valence-corrected chi connectivity index (χ3v) is 1.36. The summed E-state index contributed by atoms with van der Waals surface area (Å²) in [6, 6.07) is -1.11. The standard InChI is InChI=1S/C4H8N2O3/c5-3-1-9-2-4(3)6(7)8/h3-4H,1-2,5H2/t3-,4+/m0/s1. The predicted octanol–water partition coefficient (Wildman–Crippen LogP) is -1.01. The van der Waals surface area contributed by atoms with E-state index < -0.39 is 17.0 Å². The van der Waals surface area contributed by atoms with Crippen LogP contribution in [0, 0.1) is 10.1 Å². The van der Waals surface area contributed by atoms with Gasteiger partial charge in [-0.2, -0.15) is 0 Å². The number of hydrogen-bond acceptors (Lipinski definition) is 4. The topological polar surface area (TPSA) is 78.4 Å². The zero-order chi connectivity index (χ0) is 6.85. The van der Waals surface area contributed by atoms with Crippen LogP contribution in [0.1, 0.15) is 0 Å². The van der Waals surface area contributed by atoms with Crippen molar-refractivity contribution in [2.75, 3.05) is 13.2 Å². The summed E-state index contributed by atoms with van der Waals surface area (Å²) in [6.07, 6.45) is 0. The Kier molecular flexibility index (Phi) is 1.63. The van der Waals surface area contributed by atoms with Crippen LogP contribution in [0.5, 0.6) is 0 Å². The van der Waals surface area contributed by atoms with Crippen molar-refractivity contribution < 1.29 is 9.66 Å². The largest absolute Gasteiger partial charge is 0.372 e. The molecule has 5 heteroatoms. The number of nitro groups is 1. The van der Waals surface area contributed by atoms with Crippen LogP contribution in [0.4, 0.5) is 0 Å². The Labute approximate surface area is 51.9 Å². The predicted molar refractivity (Wildman–Crippen MR) is 29.6 cm³/mol. The molecule has 0 bridgehead atoms. The first-order valence-corrected chi connectivity index (χ1v) is 2.68. The molecule has 0 radical (unpaired) electrons. The fourth-order valence-corrected chi connectivity index (χ4v) is 0.777. The molecule has 0 saturated carbocycles. The van der Waals surface area contributed by atoms with Gasteiger partial charge in [0.2, 0.25) is 0 Å². The summed E-state index contributed by atoms with van der Waals surface area (Å²) in [6.45, 7) is 0.472. The first-order chi connectivity index (χ1) is 4.22. The third kappa shape index (κ3) is 1.17. The van der Waals surface area contributed by atoms with Gasteiger partial charge < -0.3 is 10.5 Å². The summed E-state index contributed by atoms with van der Waals surface area (Å²) >= 11 is 0. The van der Waals surface area contributed by atoms with Crippen LogP contribution in [0.2, 0.25) is 0 Å². The molecular formula is C4H8N2O3. The van der Waals surface area contributed by atoms with Gasteiger partial charge in [-0.25, -0.2) is 0 Å². The molecule has 1 saturated heterocycles. The number of ether oxygens (including phenoxy) is 1. The van der Waals surface area contributed by atoms with E-state index >= 15 is 0 Å². The molecule has 0 aromatic carbocycles. The number of hydrogen-bond donors (Lipinski definition) is 1. The molecule has 0 amide bonds. The van der Waals surface area contributed by atoms with Gasteiger partial charge in [0, 0.05) is 4.92 Å². The maximum atomic E-state index is 10.1. The van der Waals surface area contributed by atoms with E-state index in [9.17, 15) is 10.1 Å². The quantitative estimate of drug-likeness (QED) is 0.366. The summed E-state index contributed by atoms with van der Waals surface area (Å²) in [5.74, 6) is 0. The maximum absolute atomic E-state index is 10.1. The molecule has 2 N–H and O–H groups in total. The number of rotatable bonds is 1. The minimum absolute atomic E-state index is 0.161. The van der Waals surface area contributed by atoms with Gasteiger partial charge in [0.1, 0.15) is 6.61 Å². The zero-order valence-electron chi connectivity index (χ0n) is 4.82. The minimum Gasteiger partial charge on any atom is -0.372 e. The van der Waals surface area contributed by atoms with E-state index in [0.717, 1.165) is 0 Å². The second-order valence-electron chi connectivity index (χ2n) is 2.05. The van der Waals surface area contributed by atoms with E-state index in [4.69, 9.17) is 10.5 Å².